The van der Waals surface area contributed by atoms with Crippen molar-refractivity contribution in [3.8, 4) is 0 Å². The smallest absolute Gasteiger partial charge is 0.414 e. The molecule has 0 aromatic heterocycles. The topological polar surface area (TPSA) is 38.3 Å². The van der Waals surface area contributed by atoms with Crippen LogP contribution >= 0.6 is 42.2 Å². The third-order valence-electron chi connectivity index (χ3n) is 5.47. The highest BCUT2D eigenvalue weighted by Gasteiger charge is 2.52. The summed E-state index contributed by atoms with van der Waals surface area (Å²) in [5.74, 6) is 0. The average Bonchev–Trinajstić information content (AvgIpc) is 2.92. The molecule has 1 N–H and O–H groups in total. The Bertz CT molecular complexity index is 1220. The Morgan fingerprint density at radius 1 is 0.778 bits per heavy atom. The normalized spacial score (nSPS) is 12.0. The van der Waals surface area contributed by atoms with Crippen LogP contribution in [0.4, 0.5) is 4.79 Å². The van der Waals surface area contributed by atoms with Gasteiger partial charge in [0.25, 0.3) is 0 Å². The van der Waals surface area contributed by atoms with Gasteiger partial charge in [-0.05, 0) is 67.6 Å². The number of halogens is 2. The van der Waals surface area contributed by atoms with Crippen molar-refractivity contribution >= 4 is 64.2 Å². The Morgan fingerprint density at radius 3 is 1.64 bits per heavy atom. The summed E-state index contributed by atoms with van der Waals surface area (Å²) in [6.45, 7) is 2.02. The van der Waals surface area contributed by atoms with Crippen molar-refractivity contribution in [2.45, 2.75) is 11.8 Å². The monoisotopic (exact) mass is 552 g/mol. The highest BCUT2D eigenvalue weighted by molar-refractivity contribution is 8.06. The van der Waals surface area contributed by atoms with E-state index in [4.69, 9.17) is 27.9 Å². The number of carbonyl (C=O) groups excluding carboxylic acids is 1. The molecular weight excluding hydrogens is 528 g/mol. The largest absolute Gasteiger partial charge is 0.450 e. The standard InChI is InChI=1S/C29H24Cl2NO2PS/c1-2-34-29(33)32-28(27(31)36-26-20-18-22(30)19-21-26)35(23-12-6-3-7-13-23,24-14-8-4-9-15-24)25-16-10-5-11-17-25/h3-21H,2H2,1H3/p+1/b28-27+. The van der Waals surface area contributed by atoms with Gasteiger partial charge in [-0.2, -0.15) is 0 Å². The Morgan fingerprint density at radius 2 is 1.22 bits per heavy atom. The van der Waals surface area contributed by atoms with Crippen LogP contribution in [0.2, 0.25) is 5.02 Å². The summed E-state index contributed by atoms with van der Waals surface area (Å²) in [5, 5.41) is 6.90. The van der Waals surface area contributed by atoms with Gasteiger partial charge in [-0.1, -0.05) is 89.6 Å². The lowest BCUT2D eigenvalue weighted by molar-refractivity contribution is 0.156. The Hall–Kier alpha value is -2.75. The zero-order chi connectivity index (χ0) is 25.4. The maximum Gasteiger partial charge on any atom is 0.414 e. The first-order valence-electron chi connectivity index (χ1n) is 11.4. The summed E-state index contributed by atoms with van der Waals surface area (Å²) in [5.41, 5.74) is 0.617. The molecule has 4 aromatic carbocycles. The van der Waals surface area contributed by atoms with E-state index in [0.717, 1.165) is 20.8 Å². The van der Waals surface area contributed by atoms with E-state index in [0.29, 0.717) is 14.8 Å². The molecule has 7 heteroatoms. The minimum absolute atomic E-state index is 0.245. The maximum absolute atomic E-state index is 13.0. The van der Waals surface area contributed by atoms with E-state index in [9.17, 15) is 4.79 Å². The molecule has 0 heterocycles. The summed E-state index contributed by atoms with van der Waals surface area (Å²) in [6, 6.07) is 38.1. The maximum atomic E-state index is 13.0. The molecule has 0 radical (unpaired) electrons. The van der Waals surface area contributed by atoms with Gasteiger partial charge in [-0.25, -0.2) is 4.79 Å². The van der Waals surface area contributed by atoms with E-state index in [2.05, 4.69) is 41.7 Å². The van der Waals surface area contributed by atoms with Crippen LogP contribution in [0.25, 0.3) is 0 Å². The van der Waals surface area contributed by atoms with Crippen molar-refractivity contribution in [2.75, 3.05) is 6.61 Å². The number of carbonyl (C=O) groups is 1. The number of hydrogen-bond acceptors (Lipinski definition) is 3. The van der Waals surface area contributed by atoms with Crippen molar-refractivity contribution in [3.63, 3.8) is 0 Å². The van der Waals surface area contributed by atoms with Crippen molar-refractivity contribution < 1.29 is 9.53 Å². The molecule has 0 saturated carbocycles. The molecule has 1 amide bonds. The predicted molar refractivity (Wildman–Crippen MR) is 155 cm³/mol. The third-order valence-corrected chi connectivity index (χ3v) is 11.5. The van der Waals surface area contributed by atoms with Crippen molar-refractivity contribution in [1.29, 1.82) is 0 Å². The molecule has 36 heavy (non-hydrogen) atoms. The Kier molecular flexibility index (Phi) is 9.12. The van der Waals surface area contributed by atoms with Crippen LogP contribution in [0.15, 0.2) is 130 Å². The Balaban J connectivity index is 2.05. The Labute approximate surface area is 226 Å². The second kappa shape index (κ2) is 12.5. The fraction of sp³-hybridized carbons (Fsp3) is 0.0690. The second-order valence-electron chi connectivity index (χ2n) is 7.70. The van der Waals surface area contributed by atoms with Crippen molar-refractivity contribution in [1.82, 2.24) is 5.32 Å². The lowest BCUT2D eigenvalue weighted by Crippen LogP contribution is -2.38. The molecule has 4 aromatic rings. The first kappa shape index (κ1) is 26.3. The molecule has 0 aliphatic carbocycles. The van der Waals surface area contributed by atoms with Crippen LogP contribution in [-0.2, 0) is 4.74 Å². The number of hydrogen-bond donors (Lipinski definition) is 1. The molecule has 0 fully saturated rings. The van der Waals surface area contributed by atoms with Crippen molar-refractivity contribution in [2.24, 2.45) is 0 Å². The molecule has 4 rings (SSSR count). The molecule has 0 aliphatic heterocycles. The molecule has 0 unspecified atom stereocenters. The second-order valence-corrected chi connectivity index (χ2v) is 13.2. The number of amides is 1. The van der Waals surface area contributed by atoms with Gasteiger partial charge in [0.15, 0.2) is 7.26 Å². The lowest BCUT2D eigenvalue weighted by Gasteiger charge is -2.29. The SMILES string of the molecule is CCOC(=O)N/C(=C(/Cl)Sc1ccc(Cl)cc1)[P+](c1ccccc1)(c1ccccc1)c1ccccc1. The fourth-order valence-electron chi connectivity index (χ4n) is 3.97. The van der Waals surface area contributed by atoms with Crippen molar-refractivity contribution in [3.05, 3.63) is 130 Å². The molecular formula is C29H25Cl2NO2PS+. The first-order valence-corrected chi connectivity index (χ1v) is 14.7. The van der Waals surface area contributed by atoms with Crippen LogP contribution in [0, 0.1) is 0 Å². The van der Waals surface area contributed by atoms with Crippen LogP contribution < -0.4 is 21.2 Å². The van der Waals surface area contributed by atoms with Crippen LogP contribution in [0.5, 0.6) is 0 Å². The lowest BCUT2D eigenvalue weighted by atomic mass is 10.4. The highest BCUT2D eigenvalue weighted by Crippen LogP contribution is 2.63. The predicted octanol–water partition coefficient (Wildman–Crippen LogP) is 7.54. The van der Waals surface area contributed by atoms with Gasteiger partial charge in [0.2, 0.25) is 5.44 Å². The molecule has 0 saturated heterocycles. The summed E-state index contributed by atoms with van der Waals surface area (Å²) in [4.78, 5) is 13.9. The number of ether oxygens (including phenoxy) is 1. The van der Waals surface area contributed by atoms with Crippen LogP contribution in [-0.4, -0.2) is 12.7 Å². The third kappa shape index (κ3) is 5.79. The van der Waals surface area contributed by atoms with Gasteiger partial charge in [0, 0.05) is 9.92 Å². The molecule has 0 aliphatic rings. The number of benzene rings is 4. The number of rotatable bonds is 8. The highest BCUT2D eigenvalue weighted by atomic mass is 35.5. The van der Waals surface area contributed by atoms with Crippen LogP contribution in [0.3, 0.4) is 0 Å². The number of thioether (sulfide) groups is 1. The fourth-order valence-corrected chi connectivity index (χ4v) is 10.0. The van der Waals surface area contributed by atoms with E-state index < -0.39 is 13.4 Å². The minimum atomic E-state index is -2.65. The zero-order valence-corrected chi connectivity index (χ0v) is 22.8. The molecule has 182 valence electrons. The van der Waals surface area contributed by atoms with E-state index in [1.54, 1.807) is 6.92 Å². The molecule has 3 nitrogen and oxygen atoms in total. The van der Waals surface area contributed by atoms with E-state index in [1.165, 1.54) is 11.8 Å². The summed E-state index contributed by atoms with van der Waals surface area (Å²) < 4.78 is 5.79. The van der Waals surface area contributed by atoms with Gasteiger partial charge < -0.3 is 4.74 Å². The number of alkyl carbamates (subject to hydrolysis) is 1. The molecule has 0 bridgehead atoms. The van der Waals surface area contributed by atoms with Gasteiger partial charge in [-0.15, -0.1) is 0 Å². The molecule has 0 atom stereocenters. The van der Waals surface area contributed by atoms with E-state index in [-0.39, 0.29) is 6.61 Å². The molecule has 0 spiro atoms. The minimum Gasteiger partial charge on any atom is -0.450 e. The quantitative estimate of drug-likeness (QED) is 0.181. The summed E-state index contributed by atoms with van der Waals surface area (Å²) >= 11 is 14.6. The van der Waals surface area contributed by atoms with Gasteiger partial charge >= 0.3 is 6.09 Å². The van der Waals surface area contributed by atoms with E-state index >= 15 is 0 Å². The van der Waals surface area contributed by atoms with Gasteiger partial charge in [-0.3, -0.25) is 5.32 Å². The summed E-state index contributed by atoms with van der Waals surface area (Å²) in [7, 11) is -2.65. The zero-order valence-electron chi connectivity index (χ0n) is 19.6. The van der Waals surface area contributed by atoms with E-state index in [1.807, 2.05) is 78.9 Å². The van der Waals surface area contributed by atoms with Gasteiger partial charge in [0.1, 0.15) is 20.3 Å². The summed E-state index contributed by atoms with van der Waals surface area (Å²) in [6.07, 6.45) is -0.547. The van der Waals surface area contributed by atoms with Crippen LogP contribution in [0.1, 0.15) is 6.92 Å². The number of nitrogens with one attached hydrogen (secondary N) is 1. The first-order chi connectivity index (χ1) is 17.6. The average molecular weight is 553 g/mol. The van der Waals surface area contributed by atoms with Gasteiger partial charge in [0.05, 0.1) is 6.61 Å².